The number of carbonyl (C=O) groups is 1. The third-order valence-electron chi connectivity index (χ3n) is 2.70. The number of amides is 1. The molecule has 0 saturated heterocycles. The molecule has 0 aromatic heterocycles. The molecule has 1 amide bonds. The molecule has 0 aliphatic rings. The Morgan fingerprint density at radius 3 is 2.68 bits per heavy atom. The summed E-state index contributed by atoms with van der Waals surface area (Å²) in [6, 6.07) is 9.61. The summed E-state index contributed by atoms with van der Waals surface area (Å²) >= 11 is 8.16. The Bertz CT molecular complexity index is 628. The van der Waals surface area contributed by atoms with E-state index in [9.17, 15) is 4.79 Å². The summed E-state index contributed by atoms with van der Waals surface area (Å²) in [7, 11) is 3.41. The van der Waals surface area contributed by atoms with Gasteiger partial charge in [-0.2, -0.15) is 0 Å². The first-order chi connectivity index (χ1) is 8.97. The van der Waals surface area contributed by atoms with Crippen LogP contribution in [0.15, 0.2) is 30.3 Å². The first-order valence-corrected chi connectivity index (χ1v) is 7.15. The highest BCUT2D eigenvalue weighted by Crippen LogP contribution is 2.29. The minimum absolute atomic E-state index is 0.0437. The number of benzene rings is 2. The van der Waals surface area contributed by atoms with E-state index in [1.807, 2.05) is 30.3 Å². The molecule has 0 atom stereocenters. The normalized spacial score (nSPS) is 10.5. The molecule has 0 aliphatic carbocycles. The van der Waals surface area contributed by atoms with E-state index in [2.05, 4.69) is 22.6 Å². The predicted octanol–water partition coefficient (Wildman–Crippen LogP) is 3.56. The van der Waals surface area contributed by atoms with Crippen molar-refractivity contribution in [3.8, 4) is 5.75 Å². The van der Waals surface area contributed by atoms with Gasteiger partial charge in [-0.05, 0) is 57.6 Å². The molecule has 0 saturated carbocycles. The van der Waals surface area contributed by atoms with E-state index in [0.717, 1.165) is 14.3 Å². The van der Waals surface area contributed by atoms with Crippen LogP contribution in [0.2, 0.25) is 5.02 Å². The zero-order valence-corrected chi connectivity index (χ0v) is 13.5. The van der Waals surface area contributed by atoms with Gasteiger partial charge in [-0.3, -0.25) is 4.79 Å². The highest BCUT2D eigenvalue weighted by Gasteiger charge is 2.08. The molecule has 0 unspecified atom stereocenters. The summed E-state index contributed by atoms with van der Waals surface area (Å²) < 4.78 is 6.52. The molecule has 19 heavy (non-hydrogen) atoms. The molecule has 0 heterocycles. The van der Waals surface area contributed by atoms with Crippen molar-refractivity contribution < 1.29 is 9.53 Å². The Hall–Kier alpha value is -1.01. The van der Waals surface area contributed by atoms with Gasteiger partial charge in [0, 0.05) is 19.1 Å². The van der Waals surface area contributed by atoms with Gasteiger partial charge in [0.15, 0.2) is 6.61 Å². The summed E-state index contributed by atoms with van der Waals surface area (Å²) in [6.07, 6.45) is 0. The molecule has 2 aromatic rings. The van der Waals surface area contributed by atoms with Gasteiger partial charge in [-0.1, -0.05) is 17.7 Å². The van der Waals surface area contributed by atoms with Crippen molar-refractivity contribution in [2.75, 3.05) is 20.7 Å². The lowest BCUT2D eigenvalue weighted by Gasteiger charge is -2.13. The quantitative estimate of drug-likeness (QED) is 0.751. The van der Waals surface area contributed by atoms with E-state index in [0.29, 0.717) is 10.8 Å². The van der Waals surface area contributed by atoms with Crippen LogP contribution in [0.3, 0.4) is 0 Å². The van der Waals surface area contributed by atoms with Gasteiger partial charge in [0.2, 0.25) is 0 Å². The molecule has 3 nitrogen and oxygen atoms in total. The maximum Gasteiger partial charge on any atom is 0.259 e. The van der Waals surface area contributed by atoms with Crippen LogP contribution in [0.5, 0.6) is 5.75 Å². The number of hydrogen-bond acceptors (Lipinski definition) is 2. The molecule has 100 valence electrons. The standard InChI is InChI=1S/C14H13ClINO2/c1-17(2)14(18)8-19-13-7-9-3-4-11(15)5-10(9)6-12(13)16/h3-7H,8H2,1-2H3. The smallest absolute Gasteiger partial charge is 0.259 e. The van der Waals surface area contributed by atoms with Crippen molar-refractivity contribution in [3.63, 3.8) is 0 Å². The van der Waals surface area contributed by atoms with Gasteiger partial charge in [-0.25, -0.2) is 0 Å². The van der Waals surface area contributed by atoms with Crippen LogP contribution in [0.1, 0.15) is 0 Å². The largest absolute Gasteiger partial charge is 0.483 e. The molecule has 0 N–H and O–H groups in total. The second kappa shape index (κ2) is 5.96. The highest BCUT2D eigenvalue weighted by molar-refractivity contribution is 14.1. The monoisotopic (exact) mass is 389 g/mol. The Morgan fingerprint density at radius 2 is 2.00 bits per heavy atom. The van der Waals surface area contributed by atoms with E-state index in [1.54, 1.807) is 14.1 Å². The molecule has 0 spiro atoms. The molecule has 0 radical (unpaired) electrons. The van der Waals surface area contributed by atoms with Gasteiger partial charge in [-0.15, -0.1) is 0 Å². The van der Waals surface area contributed by atoms with Crippen molar-refractivity contribution in [1.29, 1.82) is 0 Å². The van der Waals surface area contributed by atoms with E-state index >= 15 is 0 Å². The van der Waals surface area contributed by atoms with Gasteiger partial charge < -0.3 is 9.64 Å². The van der Waals surface area contributed by atoms with Gasteiger partial charge >= 0.3 is 0 Å². The zero-order valence-electron chi connectivity index (χ0n) is 10.6. The number of ether oxygens (including phenoxy) is 1. The zero-order chi connectivity index (χ0) is 14.0. The summed E-state index contributed by atoms with van der Waals surface area (Å²) in [4.78, 5) is 13.0. The summed E-state index contributed by atoms with van der Waals surface area (Å²) in [6.45, 7) is 0.0437. The second-order valence-corrected chi connectivity index (χ2v) is 5.95. The topological polar surface area (TPSA) is 29.5 Å². The molecular weight excluding hydrogens is 377 g/mol. The fourth-order valence-electron chi connectivity index (χ4n) is 1.60. The number of halogens is 2. The van der Waals surface area contributed by atoms with Gasteiger partial charge in [0.25, 0.3) is 5.91 Å². The highest BCUT2D eigenvalue weighted by atomic mass is 127. The number of rotatable bonds is 3. The third kappa shape index (κ3) is 3.51. The van der Waals surface area contributed by atoms with E-state index in [1.165, 1.54) is 4.90 Å². The van der Waals surface area contributed by atoms with Crippen molar-refractivity contribution in [2.24, 2.45) is 0 Å². The second-order valence-electron chi connectivity index (χ2n) is 4.35. The summed E-state index contributed by atoms with van der Waals surface area (Å²) in [5, 5.41) is 2.81. The molecule has 2 rings (SSSR count). The van der Waals surface area contributed by atoms with Crippen molar-refractivity contribution in [2.45, 2.75) is 0 Å². The van der Waals surface area contributed by atoms with Crippen molar-refractivity contribution in [1.82, 2.24) is 4.90 Å². The molecular formula is C14H13ClINO2. The average Bonchev–Trinajstić information content (AvgIpc) is 2.35. The maximum atomic E-state index is 11.5. The minimum Gasteiger partial charge on any atom is -0.483 e. The number of nitrogens with zero attached hydrogens (tertiary/aromatic N) is 1. The Labute approximate surface area is 130 Å². The molecule has 5 heteroatoms. The van der Waals surface area contributed by atoms with E-state index < -0.39 is 0 Å². The van der Waals surface area contributed by atoms with Crippen LogP contribution >= 0.6 is 34.2 Å². The molecule has 0 fully saturated rings. The number of fused-ring (bicyclic) bond motifs is 1. The minimum atomic E-state index is -0.0630. The van der Waals surface area contributed by atoms with Crippen molar-refractivity contribution in [3.05, 3.63) is 38.9 Å². The third-order valence-corrected chi connectivity index (χ3v) is 3.78. The van der Waals surface area contributed by atoms with Gasteiger partial charge in [0.05, 0.1) is 3.57 Å². The molecule has 0 aliphatic heterocycles. The van der Waals surface area contributed by atoms with Crippen molar-refractivity contribution >= 4 is 50.9 Å². The van der Waals surface area contributed by atoms with Crippen LogP contribution in [0, 0.1) is 3.57 Å². The van der Waals surface area contributed by atoms with Crippen LogP contribution in [0.25, 0.3) is 10.8 Å². The lowest BCUT2D eigenvalue weighted by atomic mass is 10.1. The first kappa shape index (κ1) is 14.4. The summed E-state index contributed by atoms with van der Waals surface area (Å²) in [5.74, 6) is 0.651. The maximum absolute atomic E-state index is 11.5. The molecule has 2 aromatic carbocycles. The number of carbonyl (C=O) groups excluding carboxylic acids is 1. The average molecular weight is 390 g/mol. The fraction of sp³-hybridized carbons (Fsp3) is 0.214. The number of hydrogen-bond donors (Lipinski definition) is 0. The Morgan fingerprint density at radius 1 is 1.26 bits per heavy atom. The van der Waals surface area contributed by atoms with Crippen LogP contribution in [-0.4, -0.2) is 31.5 Å². The van der Waals surface area contributed by atoms with Crippen LogP contribution < -0.4 is 4.74 Å². The van der Waals surface area contributed by atoms with E-state index in [-0.39, 0.29) is 12.5 Å². The van der Waals surface area contributed by atoms with Gasteiger partial charge in [0.1, 0.15) is 5.75 Å². The predicted molar refractivity (Wildman–Crippen MR) is 85.9 cm³/mol. The fourth-order valence-corrected chi connectivity index (χ4v) is 2.43. The van der Waals surface area contributed by atoms with Crippen LogP contribution in [0.4, 0.5) is 0 Å². The lowest BCUT2D eigenvalue weighted by Crippen LogP contribution is -2.27. The Balaban J connectivity index is 2.26. The SMILES string of the molecule is CN(C)C(=O)COc1cc2ccc(Cl)cc2cc1I. The number of likely N-dealkylation sites (N-methyl/N-ethyl adjacent to an activating group) is 1. The Kier molecular flexibility index (Phi) is 4.52. The van der Waals surface area contributed by atoms with E-state index in [4.69, 9.17) is 16.3 Å². The lowest BCUT2D eigenvalue weighted by molar-refractivity contribution is -0.130. The molecule has 0 bridgehead atoms. The van der Waals surface area contributed by atoms with Crippen LogP contribution in [-0.2, 0) is 4.79 Å². The summed E-state index contributed by atoms with van der Waals surface area (Å²) in [5.41, 5.74) is 0. The first-order valence-electron chi connectivity index (χ1n) is 5.69.